The van der Waals surface area contributed by atoms with Crippen LogP contribution in [0.1, 0.15) is 11.1 Å². The van der Waals surface area contributed by atoms with Crippen molar-refractivity contribution in [2.45, 2.75) is 13.2 Å². The summed E-state index contributed by atoms with van der Waals surface area (Å²) in [5.41, 5.74) is 4.35. The van der Waals surface area contributed by atoms with Crippen LogP contribution >= 0.6 is 0 Å². The molecule has 4 rings (SSSR count). The minimum absolute atomic E-state index is 0.328. The Kier molecular flexibility index (Phi) is 7.42. The van der Waals surface area contributed by atoms with Crippen LogP contribution in [0.25, 0.3) is 11.1 Å². The number of para-hydroxylation sites is 1. The van der Waals surface area contributed by atoms with E-state index in [-0.39, 0.29) is 0 Å². The van der Waals surface area contributed by atoms with E-state index in [0.717, 1.165) is 11.1 Å². The van der Waals surface area contributed by atoms with Gasteiger partial charge in [0.05, 0.1) is 13.2 Å². The Balaban J connectivity index is 0.000000162. The smallest absolute Gasteiger partial charge is 0.123 e. The molecule has 0 heterocycles. The van der Waals surface area contributed by atoms with E-state index < -0.39 is 0 Å². The Morgan fingerprint density at radius 2 is 0.929 bits per heavy atom. The van der Waals surface area contributed by atoms with Gasteiger partial charge in [0, 0.05) is 5.56 Å². The number of hydrogen-bond acceptors (Lipinski definition) is 2. The molecular formula is C26H24O2. The monoisotopic (exact) mass is 368 g/mol. The van der Waals surface area contributed by atoms with Crippen LogP contribution < -0.4 is 0 Å². The van der Waals surface area contributed by atoms with Gasteiger partial charge in [-0.1, -0.05) is 109 Å². The van der Waals surface area contributed by atoms with Crippen LogP contribution in [0.15, 0.2) is 115 Å². The third-order valence-corrected chi connectivity index (χ3v) is 4.21. The van der Waals surface area contributed by atoms with Gasteiger partial charge in [0.15, 0.2) is 0 Å². The normalized spacial score (nSPS) is 10.0. The number of ether oxygens (including phenoxy) is 1. The number of benzene rings is 4. The summed E-state index contributed by atoms with van der Waals surface area (Å²) in [6.45, 7) is 1.35. The fraction of sp³-hybridized carbons (Fsp3) is 0.0769. The largest absolute Gasteiger partial charge is 0.507 e. The first-order valence-corrected chi connectivity index (χ1v) is 9.32. The summed E-state index contributed by atoms with van der Waals surface area (Å²) in [5, 5.41) is 9.56. The molecule has 0 amide bonds. The van der Waals surface area contributed by atoms with Crippen molar-refractivity contribution in [2.24, 2.45) is 0 Å². The van der Waals surface area contributed by atoms with Gasteiger partial charge in [0.2, 0.25) is 0 Å². The molecule has 0 aromatic heterocycles. The average Bonchev–Trinajstić information content (AvgIpc) is 2.77. The maximum atomic E-state index is 9.56. The fourth-order valence-corrected chi connectivity index (χ4v) is 2.77. The molecule has 140 valence electrons. The van der Waals surface area contributed by atoms with Gasteiger partial charge in [-0.05, 0) is 22.8 Å². The van der Waals surface area contributed by atoms with Gasteiger partial charge in [-0.15, -0.1) is 0 Å². The second-order valence-corrected chi connectivity index (χ2v) is 6.35. The summed E-state index contributed by atoms with van der Waals surface area (Å²) in [5.74, 6) is 0.328. The van der Waals surface area contributed by atoms with Crippen LogP contribution in [0.4, 0.5) is 0 Å². The van der Waals surface area contributed by atoms with Gasteiger partial charge < -0.3 is 9.84 Å². The van der Waals surface area contributed by atoms with Crippen molar-refractivity contribution in [2.75, 3.05) is 0 Å². The van der Waals surface area contributed by atoms with Crippen molar-refractivity contribution in [1.29, 1.82) is 0 Å². The SMILES string of the molecule is Oc1ccccc1-c1ccccc1.c1ccc(COCc2ccccc2)cc1. The van der Waals surface area contributed by atoms with E-state index in [2.05, 4.69) is 24.3 Å². The minimum Gasteiger partial charge on any atom is -0.507 e. The summed E-state index contributed by atoms with van der Waals surface area (Å²) < 4.78 is 5.61. The molecule has 0 bridgehead atoms. The minimum atomic E-state index is 0.328. The van der Waals surface area contributed by atoms with Crippen LogP contribution in [0, 0.1) is 0 Å². The lowest BCUT2D eigenvalue weighted by atomic mass is 10.1. The van der Waals surface area contributed by atoms with Crippen molar-refractivity contribution >= 4 is 0 Å². The molecule has 4 aromatic rings. The lowest BCUT2D eigenvalue weighted by Crippen LogP contribution is -1.93. The van der Waals surface area contributed by atoms with E-state index >= 15 is 0 Å². The standard InChI is InChI=1S/C14H14O.C12H10O/c1-3-7-13(8-4-1)11-15-12-14-9-5-2-6-10-14;13-12-9-5-4-8-11(12)10-6-2-1-3-7-10/h1-10H,11-12H2;1-9,13H. The van der Waals surface area contributed by atoms with Crippen LogP contribution in [-0.4, -0.2) is 5.11 Å². The topological polar surface area (TPSA) is 29.5 Å². The van der Waals surface area contributed by atoms with Crippen molar-refractivity contribution in [3.05, 3.63) is 126 Å². The Labute approximate surface area is 166 Å². The highest BCUT2D eigenvalue weighted by molar-refractivity contribution is 5.69. The number of phenols is 1. The zero-order valence-corrected chi connectivity index (χ0v) is 15.7. The second kappa shape index (κ2) is 10.7. The molecular weight excluding hydrogens is 344 g/mol. The second-order valence-electron chi connectivity index (χ2n) is 6.35. The summed E-state index contributed by atoms with van der Waals surface area (Å²) in [7, 11) is 0. The number of phenolic OH excluding ortho intramolecular Hbond substituents is 1. The third kappa shape index (κ3) is 6.11. The van der Waals surface area contributed by atoms with E-state index in [4.69, 9.17) is 4.74 Å². The Hall–Kier alpha value is -3.36. The first-order valence-electron chi connectivity index (χ1n) is 9.32. The Morgan fingerprint density at radius 1 is 0.500 bits per heavy atom. The van der Waals surface area contributed by atoms with Crippen LogP contribution in [-0.2, 0) is 18.0 Å². The highest BCUT2D eigenvalue weighted by atomic mass is 16.5. The summed E-state index contributed by atoms with van der Waals surface area (Å²) in [4.78, 5) is 0. The van der Waals surface area contributed by atoms with E-state index in [0.29, 0.717) is 19.0 Å². The van der Waals surface area contributed by atoms with E-state index in [1.165, 1.54) is 11.1 Å². The molecule has 0 radical (unpaired) electrons. The number of aromatic hydroxyl groups is 1. The zero-order valence-electron chi connectivity index (χ0n) is 15.7. The Bertz CT molecular complexity index is 896. The first-order chi connectivity index (χ1) is 13.8. The van der Waals surface area contributed by atoms with Crippen molar-refractivity contribution in [1.82, 2.24) is 0 Å². The molecule has 2 heteroatoms. The quantitative estimate of drug-likeness (QED) is 0.438. The molecule has 0 unspecified atom stereocenters. The molecule has 0 atom stereocenters. The average molecular weight is 368 g/mol. The molecule has 1 N–H and O–H groups in total. The number of rotatable bonds is 5. The summed E-state index contributed by atoms with van der Waals surface area (Å²) >= 11 is 0. The van der Waals surface area contributed by atoms with E-state index in [1.54, 1.807) is 6.07 Å². The van der Waals surface area contributed by atoms with Crippen molar-refractivity contribution < 1.29 is 9.84 Å². The lowest BCUT2D eigenvalue weighted by Gasteiger charge is -2.03. The molecule has 0 fully saturated rings. The van der Waals surface area contributed by atoms with Crippen LogP contribution in [0.3, 0.4) is 0 Å². The molecule has 0 saturated heterocycles. The van der Waals surface area contributed by atoms with Crippen molar-refractivity contribution in [3.8, 4) is 16.9 Å². The highest BCUT2D eigenvalue weighted by Gasteiger charge is 2.00. The van der Waals surface area contributed by atoms with Gasteiger partial charge in [-0.25, -0.2) is 0 Å². The summed E-state index contributed by atoms with van der Waals surface area (Å²) in [6, 6.07) is 37.6. The fourth-order valence-electron chi connectivity index (χ4n) is 2.77. The molecule has 0 aliphatic carbocycles. The lowest BCUT2D eigenvalue weighted by molar-refractivity contribution is 0.107. The maximum absolute atomic E-state index is 9.56. The number of hydrogen-bond donors (Lipinski definition) is 1. The van der Waals surface area contributed by atoms with E-state index in [1.807, 2.05) is 84.9 Å². The highest BCUT2D eigenvalue weighted by Crippen LogP contribution is 2.27. The van der Waals surface area contributed by atoms with Gasteiger partial charge in [0.1, 0.15) is 5.75 Å². The molecule has 2 nitrogen and oxygen atoms in total. The van der Waals surface area contributed by atoms with Crippen LogP contribution in [0.2, 0.25) is 0 Å². The van der Waals surface area contributed by atoms with Gasteiger partial charge in [0.25, 0.3) is 0 Å². The Morgan fingerprint density at radius 3 is 1.43 bits per heavy atom. The molecule has 0 aliphatic rings. The van der Waals surface area contributed by atoms with Crippen molar-refractivity contribution in [3.63, 3.8) is 0 Å². The van der Waals surface area contributed by atoms with E-state index in [9.17, 15) is 5.11 Å². The predicted molar refractivity (Wildman–Crippen MR) is 115 cm³/mol. The zero-order chi connectivity index (χ0) is 19.4. The van der Waals surface area contributed by atoms with Gasteiger partial charge in [-0.2, -0.15) is 0 Å². The predicted octanol–water partition coefficient (Wildman–Crippen LogP) is 6.46. The molecule has 4 aromatic carbocycles. The summed E-state index contributed by atoms with van der Waals surface area (Å²) in [6.07, 6.45) is 0. The van der Waals surface area contributed by atoms with Gasteiger partial charge in [-0.3, -0.25) is 0 Å². The van der Waals surface area contributed by atoms with Crippen LogP contribution in [0.5, 0.6) is 5.75 Å². The van der Waals surface area contributed by atoms with Gasteiger partial charge >= 0.3 is 0 Å². The third-order valence-electron chi connectivity index (χ3n) is 4.21. The first kappa shape index (κ1) is 19.4. The molecule has 0 saturated carbocycles. The molecule has 0 aliphatic heterocycles. The maximum Gasteiger partial charge on any atom is 0.123 e. The molecule has 28 heavy (non-hydrogen) atoms. The molecule has 0 spiro atoms.